The first-order valence-corrected chi connectivity index (χ1v) is 19.2. The van der Waals surface area contributed by atoms with E-state index in [-0.39, 0.29) is 5.41 Å². The minimum Gasteiger partial charge on any atom is -0.310 e. The fourth-order valence-electron chi connectivity index (χ4n) is 12.3. The third kappa shape index (κ3) is 3.54. The van der Waals surface area contributed by atoms with E-state index in [2.05, 4.69) is 181 Å². The smallest absolute Gasteiger partial charge is 0.0540 e. The molecule has 2 spiro atoms. The van der Waals surface area contributed by atoms with Crippen LogP contribution in [0.2, 0.25) is 0 Å². The molecular formula is C51H39N. The number of rotatable bonds is 6. The molecule has 4 saturated carbocycles. The number of hydrogen-bond acceptors (Lipinski definition) is 1. The Kier molecular flexibility index (Phi) is 5.82. The average molecular weight is 666 g/mol. The molecule has 1 nitrogen and oxygen atoms in total. The van der Waals surface area contributed by atoms with Crippen molar-refractivity contribution in [1.82, 2.24) is 0 Å². The van der Waals surface area contributed by atoms with Crippen LogP contribution in [0, 0.1) is 29.1 Å². The van der Waals surface area contributed by atoms with Crippen LogP contribution < -0.4 is 4.90 Å². The van der Waals surface area contributed by atoms with Gasteiger partial charge < -0.3 is 4.90 Å². The van der Waals surface area contributed by atoms with Crippen LogP contribution in [0.25, 0.3) is 44.5 Å². The standard InChI is InChI=1S/C51H39N/c1-3-11-33(12-4-1)35-19-24-40(25-20-35)52(41-26-21-36(22-27-41)34-13-5-2-6-14-34)47-18-10-8-15-42(47)37-23-28-46-44(29-37)43-16-7-9-17-45(43)51(46)48-31-38-30-39-32-49(51)50(38,39)48/h1-29,38-39,48-49H,30-32H2. The summed E-state index contributed by atoms with van der Waals surface area (Å²) in [6, 6.07) is 65.4. The molecular weight excluding hydrogens is 627 g/mol. The molecule has 4 unspecified atom stereocenters. The van der Waals surface area contributed by atoms with E-state index < -0.39 is 0 Å². The quantitative estimate of drug-likeness (QED) is 0.171. The highest BCUT2D eigenvalue weighted by molar-refractivity contribution is 5.92. The highest BCUT2D eigenvalue weighted by Gasteiger charge is 2.90. The topological polar surface area (TPSA) is 3.24 Å². The minimum absolute atomic E-state index is 0.241. The molecule has 0 bridgehead atoms. The third-order valence-corrected chi connectivity index (χ3v) is 14.4. The van der Waals surface area contributed by atoms with Crippen LogP contribution in [0.15, 0.2) is 176 Å². The van der Waals surface area contributed by atoms with Crippen LogP contribution in [0.1, 0.15) is 30.4 Å². The van der Waals surface area contributed by atoms with E-state index in [9.17, 15) is 0 Å². The predicted octanol–water partition coefficient (Wildman–Crippen LogP) is 13.1. The fourth-order valence-corrected chi connectivity index (χ4v) is 12.3. The van der Waals surface area contributed by atoms with Gasteiger partial charge in [-0.15, -0.1) is 0 Å². The lowest BCUT2D eigenvalue weighted by Crippen LogP contribution is -2.88. The van der Waals surface area contributed by atoms with Crippen LogP contribution in [0.4, 0.5) is 17.1 Å². The lowest BCUT2D eigenvalue weighted by atomic mass is 9.11. The van der Waals surface area contributed by atoms with Crippen LogP contribution in [-0.4, -0.2) is 0 Å². The molecule has 0 saturated heterocycles. The average Bonchev–Trinajstić information content (AvgIpc) is 3.48. The molecule has 0 aromatic heterocycles. The van der Waals surface area contributed by atoms with Gasteiger partial charge in [0.25, 0.3) is 0 Å². The largest absolute Gasteiger partial charge is 0.310 e. The summed E-state index contributed by atoms with van der Waals surface area (Å²) in [5, 5.41) is 0. The molecule has 0 radical (unpaired) electrons. The number of anilines is 3. The highest BCUT2D eigenvalue weighted by Crippen LogP contribution is 2.94. The number of nitrogens with zero attached hydrogens (tertiary/aromatic N) is 1. The Bertz CT molecular complexity index is 2410. The molecule has 4 atom stereocenters. The van der Waals surface area contributed by atoms with E-state index in [0.29, 0.717) is 5.41 Å². The summed E-state index contributed by atoms with van der Waals surface area (Å²) in [5.74, 6) is 3.72. The maximum atomic E-state index is 2.54. The van der Waals surface area contributed by atoms with E-state index in [1.54, 1.807) is 11.1 Å². The van der Waals surface area contributed by atoms with Crippen molar-refractivity contribution in [2.24, 2.45) is 29.1 Å². The van der Waals surface area contributed by atoms with Crippen molar-refractivity contribution in [3.8, 4) is 44.5 Å². The van der Waals surface area contributed by atoms with Gasteiger partial charge in [-0.25, -0.2) is 0 Å². The summed E-state index contributed by atoms with van der Waals surface area (Å²) in [7, 11) is 0. The highest BCUT2D eigenvalue weighted by atomic mass is 15.1. The van der Waals surface area contributed by atoms with E-state index in [1.807, 2.05) is 0 Å². The van der Waals surface area contributed by atoms with E-state index >= 15 is 0 Å². The molecule has 0 N–H and O–H groups in total. The van der Waals surface area contributed by atoms with Crippen LogP contribution in [0.5, 0.6) is 0 Å². The molecule has 0 aliphatic heterocycles. The number of hydrogen-bond donors (Lipinski definition) is 0. The first-order valence-electron chi connectivity index (χ1n) is 19.2. The maximum absolute atomic E-state index is 2.54. The van der Waals surface area contributed by atoms with Gasteiger partial charge in [-0.2, -0.15) is 0 Å². The molecule has 12 rings (SSSR count). The Balaban J connectivity index is 0.989. The van der Waals surface area contributed by atoms with Crippen molar-refractivity contribution >= 4 is 17.1 Å². The van der Waals surface area contributed by atoms with Crippen molar-refractivity contribution in [3.05, 3.63) is 187 Å². The lowest BCUT2D eigenvalue weighted by molar-refractivity contribution is -0.412. The Morgan fingerprint density at radius 2 is 0.865 bits per heavy atom. The van der Waals surface area contributed by atoms with Crippen molar-refractivity contribution in [3.63, 3.8) is 0 Å². The molecule has 5 aliphatic carbocycles. The maximum Gasteiger partial charge on any atom is 0.0540 e. The zero-order valence-corrected chi connectivity index (χ0v) is 29.1. The van der Waals surface area contributed by atoms with Crippen LogP contribution >= 0.6 is 0 Å². The zero-order chi connectivity index (χ0) is 34.0. The monoisotopic (exact) mass is 665 g/mol. The van der Waals surface area contributed by atoms with Gasteiger partial charge in [0.15, 0.2) is 0 Å². The van der Waals surface area contributed by atoms with Crippen molar-refractivity contribution in [2.45, 2.75) is 24.7 Å². The normalized spacial score (nSPS) is 26.4. The van der Waals surface area contributed by atoms with Gasteiger partial charge in [0, 0.05) is 22.4 Å². The van der Waals surface area contributed by atoms with Gasteiger partial charge in [-0.3, -0.25) is 0 Å². The fraction of sp³-hybridized carbons (Fsp3) is 0.176. The molecule has 1 heteroatoms. The summed E-state index contributed by atoms with van der Waals surface area (Å²) >= 11 is 0. The predicted molar refractivity (Wildman–Crippen MR) is 214 cm³/mol. The molecule has 0 heterocycles. The van der Waals surface area contributed by atoms with Gasteiger partial charge in [0.05, 0.1) is 5.69 Å². The van der Waals surface area contributed by atoms with Crippen molar-refractivity contribution in [1.29, 1.82) is 0 Å². The molecule has 7 aromatic rings. The lowest BCUT2D eigenvalue weighted by Gasteiger charge is -2.92. The molecule has 7 aromatic carbocycles. The van der Waals surface area contributed by atoms with E-state index in [4.69, 9.17) is 0 Å². The molecule has 0 amide bonds. The van der Waals surface area contributed by atoms with E-state index in [0.717, 1.165) is 35.0 Å². The van der Waals surface area contributed by atoms with Gasteiger partial charge in [-0.1, -0.05) is 140 Å². The third-order valence-electron chi connectivity index (χ3n) is 14.4. The molecule has 52 heavy (non-hydrogen) atoms. The second-order valence-electron chi connectivity index (χ2n) is 16.1. The minimum atomic E-state index is 0.241. The van der Waals surface area contributed by atoms with Gasteiger partial charge >= 0.3 is 0 Å². The Labute approximate surface area is 306 Å². The second-order valence-corrected chi connectivity index (χ2v) is 16.1. The van der Waals surface area contributed by atoms with Crippen LogP contribution in [-0.2, 0) is 5.41 Å². The van der Waals surface area contributed by atoms with Crippen LogP contribution in [0.3, 0.4) is 0 Å². The SMILES string of the molecule is c1ccc(-c2ccc(N(c3ccc(-c4ccccc4)cc3)c3ccccc3-c3ccc4c(c3)-c3ccccc3C43C4CC5CC6CC3C564)cc2)cc1. The zero-order valence-electron chi connectivity index (χ0n) is 29.1. The molecule has 248 valence electrons. The van der Waals surface area contributed by atoms with E-state index in [1.165, 1.54) is 69.5 Å². The summed E-state index contributed by atoms with van der Waals surface area (Å²) < 4.78 is 0. The van der Waals surface area contributed by atoms with Gasteiger partial charge in [0.1, 0.15) is 0 Å². The summed E-state index contributed by atoms with van der Waals surface area (Å²) in [6.07, 6.45) is 4.38. The number of benzene rings is 7. The second kappa shape index (κ2) is 10.5. The van der Waals surface area contributed by atoms with Crippen molar-refractivity contribution in [2.75, 3.05) is 4.90 Å². The Morgan fingerprint density at radius 1 is 0.385 bits per heavy atom. The number of fused-ring (bicyclic) bond motifs is 7. The summed E-state index contributed by atoms with van der Waals surface area (Å²) in [5.41, 5.74) is 18.0. The van der Waals surface area contributed by atoms with Crippen molar-refractivity contribution < 1.29 is 0 Å². The summed E-state index contributed by atoms with van der Waals surface area (Å²) in [6.45, 7) is 0. The summed E-state index contributed by atoms with van der Waals surface area (Å²) in [4.78, 5) is 2.44. The Morgan fingerprint density at radius 3 is 1.46 bits per heavy atom. The van der Waals surface area contributed by atoms with Gasteiger partial charge in [-0.05, 0) is 135 Å². The Hall–Kier alpha value is -5.66. The first-order chi connectivity index (χ1) is 25.8. The number of para-hydroxylation sites is 1. The molecule has 5 aliphatic rings. The molecule has 4 fully saturated rings. The van der Waals surface area contributed by atoms with Gasteiger partial charge in [0.2, 0.25) is 0 Å². The first kappa shape index (κ1) is 29.0.